The Labute approximate surface area is 124 Å². The van der Waals surface area contributed by atoms with E-state index in [4.69, 9.17) is 22.7 Å². The van der Waals surface area contributed by atoms with Crippen molar-refractivity contribution in [1.82, 2.24) is 0 Å². The van der Waals surface area contributed by atoms with E-state index in [1.807, 2.05) is 36.4 Å². The van der Waals surface area contributed by atoms with Crippen LogP contribution in [-0.4, -0.2) is 12.1 Å². The molecule has 0 aromatic heterocycles. The third-order valence-electron chi connectivity index (χ3n) is 3.17. The summed E-state index contributed by atoms with van der Waals surface area (Å²) in [6.07, 6.45) is 0. The van der Waals surface area contributed by atoms with E-state index in [0.717, 1.165) is 17.0 Å². The molecule has 104 valence electrons. The van der Waals surface area contributed by atoms with Crippen LogP contribution in [0.2, 0.25) is 0 Å². The molecule has 0 radical (unpaired) electrons. The molecule has 3 N–H and O–H groups in total. The predicted octanol–water partition coefficient (Wildman–Crippen LogP) is 3.50. The molecule has 2 aromatic carbocycles. The number of ether oxygens (including phenoxy) is 1. The zero-order valence-corrected chi connectivity index (χ0v) is 12.4. The van der Waals surface area contributed by atoms with Crippen molar-refractivity contribution in [2.75, 3.05) is 12.4 Å². The SMILES string of the molecule is COc1ccc(C(C)Nc2ccc(C(N)=S)cc2)cc1. The molecule has 4 heteroatoms. The summed E-state index contributed by atoms with van der Waals surface area (Å²) in [5.74, 6) is 0.863. The van der Waals surface area contributed by atoms with Gasteiger partial charge in [-0.25, -0.2) is 0 Å². The Morgan fingerprint density at radius 2 is 1.70 bits per heavy atom. The van der Waals surface area contributed by atoms with Crippen LogP contribution in [0.3, 0.4) is 0 Å². The number of hydrogen-bond donors (Lipinski definition) is 2. The molecule has 3 nitrogen and oxygen atoms in total. The van der Waals surface area contributed by atoms with E-state index in [1.165, 1.54) is 5.56 Å². The van der Waals surface area contributed by atoms with Crippen LogP contribution in [-0.2, 0) is 0 Å². The number of nitrogens with two attached hydrogens (primary N) is 1. The third kappa shape index (κ3) is 3.48. The molecule has 0 fully saturated rings. The summed E-state index contributed by atoms with van der Waals surface area (Å²) >= 11 is 4.94. The van der Waals surface area contributed by atoms with Gasteiger partial charge < -0.3 is 15.8 Å². The highest BCUT2D eigenvalue weighted by atomic mass is 32.1. The Morgan fingerprint density at radius 3 is 2.20 bits per heavy atom. The van der Waals surface area contributed by atoms with Crippen molar-refractivity contribution in [1.29, 1.82) is 0 Å². The minimum absolute atomic E-state index is 0.205. The van der Waals surface area contributed by atoms with Crippen LogP contribution in [0.5, 0.6) is 5.75 Å². The Kier molecular flexibility index (Phi) is 4.58. The first-order valence-corrected chi connectivity index (χ1v) is 6.81. The molecule has 0 aliphatic carbocycles. The van der Waals surface area contributed by atoms with Gasteiger partial charge in [-0.1, -0.05) is 24.4 Å². The summed E-state index contributed by atoms with van der Waals surface area (Å²) in [6, 6.07) is 16.0. The predicted molar refractivity (Wildman–Crippen MR) is 87.4 cm³/mol. The van der Waals surface area contributed by atoms with Gasteiger partial charge in [-0.3, -0.25) is 0 Å². The summed E-state index contributed by atoms with van der Waals surface area (Å²) in [4.78, 5) is 0.416. The van der Waals surface area contributed by atoms with Gasteiger partial charge in [0.25, 0.3) is 0 Å². The number of benzene rings is 2. The van der Waals surface area contributed by atoms with E-state index in [9.17, 15) is 0 Å². The van der Waals surface area contributed by atoms with E-state index >= 15 is 0 Å². The lowest BCUT2D eigenvalue weighted by molar-refractivity contribution is 0.414. The van der Waals surface area contributed by atoms with Gasteiger partial charge >= 0.3 is 0 Å². The maximum Gasteiger partial charge on any atom is 0.118 e. The molecule has 2 aromatic rings. The first-order chi connectivity index (χ1) is 9.60. The highest BCUT2D eigenvalue weighted by Crippen LogP contribution is 2.21. The fraction of sp³-hybridized carbons (Fsp3) is 0.188. The van der Waals surface area contributed by atoms with Gasteiger partial charge in [0.05, 0.1) is 7.11 Å². The molecule has 0 amide bonds. The smallest absolute Gasteiger partial charge is 0.118 e. The van der Waals surface area contributed by atoms with Gasteiger partial charge in [-0.15, -0.1) is 0 Å². The van der Waals surface area contributed by atoms with E-state index in [2.05, 4.69) is 24.4 Å². The second-order valence-corrected chi connectivity index (χ2v) is 5.02. The molecule has 20 heavy (non-hydrogen) atoms. The minimum atomic E-state index is 0.205. The number of rotatable bonds is 5. The first kappa shape index (κ1) is 14.3. The molecule has 0 heterocycles. The quantitative estimate of drug-likeness (QED) is 0.826. The number of thiocarbonyl (C=S) groups is 1. The van der Waals surface area contributed by atoms with Gasteiger partial charge in [-0.2, -0.15) is 0 Å². The second-order valence-electron chi connectivity index (χ2n) is 4.58. The summed E-state index contributed by atoms with van der Waals surface area (Å²) in [5.41, 5.74) is 8.69. The van der Waals surface area contributed by atoms with Crippen molar-refractivity contribution in [3.63, 3.8) is 0 Å². The highest BCUT2D eigenvalue weighted by molar-refractivity contribution is 7.80. The second kappa shape index (κ2) is 6.39. The molecular weight excluding hydrogens is 268 g/mol. The fourth-order valence-electron chi connectivity index (χ4n) is 1.96. The molecule has 0 aliphatic heterocycles. The van der Waals surface area contributed by atoms with Crippen LogP contribution in [0.1, 0.15) is 24.1 Å². The van der Waals surface area contributed by atoms with Crippen molar-refractivity contribution < 1.29 is 4.74 Å². The Bertz CT molecular complexity index is 578. The van der Waals surface area contributed by atoms with Gasteiger partial charge in [-0.05, 0) is 48.9 Å². The zero-order chi connectivity index (χ0) is 14.5. The van der Waals surface area contributed by atoms with Crippen molar-refractivity contribution in [3.05, 3.63) is 59.7 Å². The maximum absolute atomic E-state index is 5.58. The molecule has 0 aliphatic rings. The Hall–Kier alpha value is -2.07. The van der Waals surface area contributed by atoms with Crippen LogP contribution >= 0.6 is 12.2 Å². The van der Waals surface area contributed by atoms with E-state index in [-0.39, 0.29) is 6.04 Å². The molecule has 0 spiro atoms. The number of hydrogen-bond acceptors (Lipinski definition) is 3. The van der Waals surface area contributed by atoms with Crippen molar-refractivity contribution in [2.45, 2.75) is 13.0 Å². The third-order valence-corrected chi connectivity index (χ3v) is 3.40. The molecule has 1 atom stereocenters. The molecule has 2 rings (SSSR count). The topological polar surface area (TPSA) is 47.3 Å². The molecule has 0 saturated heterocycles. The van der Waals surface area contributed by atoms with Gasteiger partial charge in [0.15, 0.2) is 0 Å². The van der Waals surface area contributed by atoms with Crippen molar-refractivity contribution in [2.24, 2.45) is 5.73 Å². The zero-order valence-electron chi connectivity index (χ0n) is 11.6. The van der Waals surface area contributed by atoms with Crippen LogP contribution in [0.4, 0.5) is 5.69 Å². The fourth-order valence-corrected chi connectivity index (χ4v) is 2.09. The average Bonchev–Trinajstić information content (AvgIpc) is 2.48. The normalized spacial score (nSPS) is 11.7. The van der Waals surface area contributed by atoms with Crippen LogP contribution < -0.4 is 15.8 Å². The van der Waals surface area contributed by atoms with Crippen molar-refractivity contribution in [3.8, 4) is 5.75 Å². The first-order valence-electron chi connectivity index (χ1n) is 6.40. The number of methoxy groups -OCH3 is 1. The largest absolute Gasteiger partial charge is 0.497 e. The van der Waals surface area contributed by atoms with Gasteiger partial charge in [0.2, 0.25) is 0 Å². The number of anilines is 1. The lowest BCUT2D eigenvalue weighted by Gasteiger charge is -2.16. The summed E-state index contributed by atoms with van der Waals surface area (Å²) in [5, 5.41) is 3.44. The standard InChI is InChI=1S/C16H18N2OS/c1-11(12-5-9-15(19-2)10-6-12)18-14-7-3-13(4-8-14)16(17)20/h3-11,18H,1-2H3,(H2,17,20). The summed E-state index contributed by atoms with van der Waals surface area (Å²) in [7, 11) is 1.67. The Morgan fingerprint density at radius 1 is 1.10 bits per heavy atom. The van der Waals surface area contributed by atoms with Crippen LogP contribution in [0, 0.1) is 0 Å². The van der Waals surface area contributed by atoms with Gasteiger partial charge in [0, 0.05) is 17.3 Å². The van der Waals surface area contributed by atoms with Crippen LogP contribution in [0.15, 0.2) is 48.5 Å². The monoisotopic (exact) mass is 286 g/mol. The minimum Gasteiger partial charge on any atom is -0.497 e. The molecule has 0 bridgehead atoms. The molecule has 1 unspecified atom stereocenters. The Balaban J connectivity index is 2.06. The summed E-state index contributed by atoms with van der Waals surface area (Å²) in [6.45, 7) is 2.11. The molecule has 0 saturated carbocycles. The highest BCUT2D eigenvalue weighted by Gasteiger charge is 2.05. The molecular formula is C16H18N2OS. The summed E-state index contributed by atoms with van der Waals surface area (Å²) < 4.78 is 5.16. The van der Waals surface area contributed by atoms with E-state index < -0.39 is 0 Å². The lowest BCUT2D eigenvalue weighted by atomic mass is 10.1. The lowest BCUT2D eigenvalue weighted by Crippen LogP contribution is -2.10. The van der Waals surface area contributed by atoms with Crippen molar-refractivity contribution >= 4 is 22.9 Å². The van der Waals surface area contributed by atoms with Crippen LogP contribution in [0.25, 0.3) is 0 Å². The van der Waals surface area contributed by atoms with E-state index in [0.29, 0.717) is 4.99 Å². The van der Waals surface area contributed by atoms with Gasteiger partial charge in [0.1, 0.15) is 10.7 Å². The maximum atomic E-state index is 5.58. The number of nitrogens with one attached hydrogen (secondary N) is 1. The van der Waals surface area contributed by atoms with E-state index in [1.54, 1.807) is 7.11 Å². The average molecular weight is 286 g/mol.